The Bertz CT molecular complexity index is 156. The summed E-state index contributed by atoms with van der Waals surface area (Å²) in [5.41, 5.74) is 10.5. The minimum atomic E-state index is 0.283. The second-order valence-corrected chi connectivity index (χ2v) is 3.52. The molecule has 0 fully saturated rings. The molecule has 0 unspecified atom stereocenters. The molecule has 0 aliphatic carbocycles. The van der Waals surface area contributed by atoms with Crippen molar-refractivity contribution in [2.45, 2.75) is 32.7 Å². The molecule has 0 bridgehead atoms. The summed E-state index contributed by atoms with van der Waals surface area (Å²) in [5.74, 6) is 0.283. The summed E-state index contributed by atoms with van der Waals surface area (Å²) in [6.07, 6.45) is 2.06. The monoisotopic (exact) mass is 207 g/mol. The third-order valence-electron chi connectivity index (χ3n) is 1.91. The van der Waals surface area contributed by atoms with E-state index in [2.05, 4.69) is 11.9 Å². The van der Waals surface area contributed by atoms with E-state index in [4.69, 9.17) is 23.2 Å². The number of nitrogens with zero attached hydrogens (tertiary/aromatic N) is 1. The van der Waals surface area contributed by atoms with Crippen LogP contribution >= 0.6 is 11.8 Å². The Kier molecular flexibility index (Phi) is 6.72. The van der Waals surface area contributed by atoms with E-state index in [1.807, 2.05) is 6.92 Å². The summed E-state index contributed by atoms with van der Waals surface area (Å²) in [6.45, 7) is 5.81. The highest BCUT2D eigenvalue weighted by molar-refractivity contribution is 6.13. The van der Waals surface area contributed by atoms with Crippen molar-refractivity contribution in [3.05, 3.63) is 0 Å². The maximum Gasteiger partial charge on any atom is 0.338 e. The molecule has 0 spiro atoms. The van der Waals surface area contributed by atoms with Crippen LogP contribution in [0.25, 0.3) is 0 Å². The summed E-state index contributed by atoms with van der Waals surface area (Å²) >= 11 is 5.92. The fourth-order valence-electron chi connectivity index (χ4n) is 1.08. The zero-order chi connectivity index (χ0) is 10.3. The summed E-state index contributed by atoms with van der Waals surface area (Å²) in [7, 11) is 0. The van der Waals surface area contributed by atoms with Gasteiger partial charge in [0.15, 0.2) is 0 Å². The van der Waals surface area contributed by atoms with Crippen LogP contribution in [0.4, 0.5) is 0 Å². The lowest BCUT2D eigenvalue weighted by Gasteiger charge is -2.19. The Hall–Kier alpha value is -0.480. The average molecular weight is 208 g/mol. The van der Waals surface area contributed by atoms with E-state index in [0.717, 1.165) is 25.9 Å². The third-order valence-corrected chi connectivity index (χ3v) is 2.48. The van der Waals surface area contributed by atoms with Crippen LogP contribution in [0.1, 0.15) is 26.7 Å². The molecule has 5 heteroatoms. The number of hydrogen-bond donors (Lipinski definition) is 3. The van der Waals surface area contributed by atoms with E-state index >= 15 is 0 Å². The van der Waals surface area contributed by atoms with E-state index in [9.17, 15) is 0 Å². The molecule has 0 aromatic rings. The number of hydrogen-bond acceptors (Lipinski definition) is 1. The Morgan fingerprint density at radius 3 is 2.62 bits per heavy atom. The van der Waals surface area contributed by atoms with Crippen LogP contribution in [0.15, 0.2) is 0 Å². The van der Waals surface area contributed by atoms with E-state index < -0.39 is 0 Å². The Labute approximate surface area is 85.0 Å². The quantitative estimate of drug-likeness (QED) is 0.226. The first-order chi connectivity index (χ1) is 6.07. The molecule has 0 aliphatic heterocycles. The van der Waals surface area contributed by atoms with Crippen LogP contribution in [-0.4, -0.2) is 29.5 Å². The van der Waals surface area contributed by atoms with Gasteiger partial charge in [0, 0.05) is 12.6 Å². The molecule has 0 saturated carbocycles. The van der Waals surface area contributed by atoms with Gasteiger partial charge >= 0.3 is 5.96 Å². The number of guanidine groups is 1. The molecule has 0 amide bonds. The number of halogens is 1. The lowest BCUT2D eigenvalue weighted by atomic mass is 10.2. The lowest BCUT2D eigenvalue weighted by Crippen LogP contribution is -2.78. The molecule has 0 heterocycles. The Morgan fingerprint density at radius 1 is 1.54 bits per heavy atom. The van der Waals surface area contributed by atoms with Gasteiger partial charge in [-0.3, -0.25) is 16.5 Å². The predicted octanol–water partition coefficient (Wildman–Crippen LogP) is -1.02. The number of nitrogens with two attached hydrogens (primary N) is 2. The largest absolute Gasteiger partial charge is 0.338 e. The normalized spacial score (nSPS) is 12.9. The molecule has 0 radical (unpaired) electrons. The van der Waals surface area contributed by atoms with Crippen molar-refractivity contribution in [3.63, 3.8) is 0 Å². The second kappa shape index (κ2) is 6.97. The Balaban J connectivity index is 3.47. The molecule has 78 valence electrons. The molecular weight excluding hydrogens is 188 g/mol. The summed E-state index contributed by atoms with van der Waals surface area (Å²) in [4.78, 5) is 2.87. The van der Waals surface area contributed by atoms with Crippen LogP contribution in [0, 0.1) is 0 Å². The molecule has 0 aromatic carbocycles. The maximum absolute atomic E-state index is 5.92. The van der Waals surface area contributed by atoms with Crippen molar-refractivity contribution < 1.29 is 4.99 Å². The van der Waals surface area contributed by atoms with Gasteiger partial charge in [-0.15, -0.1) is 0 Å². The number of rotatable bonds is 6. The fourth-order valence-corrected chi connectivity index (χ4v) is 1.18. The van der Waals surface area contributed by atoms with E-state index in [0.29, 0.717) is 6.04 Å². The van der Waals surface area contributed by atoms with Crippen molar-refractivity contribution in [2.24, 2.45) is 11.5 Å². The van der Waals surface area contributed by atoms with Crippen molar-refractivity contribution >= 4 is 17.7 Å². The van der Waals surface area contributed by atoms with Crippen molar-refractivity contribution in [1.82, 2.24) is 4.42 Å². The SMILES string of the molecule is CCN(Cl)[C@H](C)CCC[NH+]=C(N)N. The third kappa shape index (κ3) is 6.66. The van der Waals surface area contributed by atoms with Crippen LogP contribution in [0.2, 0.25) is 0 Å². The highest BCUT2D eigenvalue weighted by Gasteiger charge is 2.07. The van der Waals surface area contributed by atoms with Gasteiger partial charge in [-0.1, -0.05) is 6.92 Å². The van der Waals surface area contributed by atoms with Crippen LogP contribution in [0.3, 0.4) is 0 Å². The molecule has 0 saturated heterocycles. The fraction of sp³-hybridized carbons (Fsp3) is 0.875. The standard InChI is InChI=1S/C8H19ClN4/c1-3-13(9)7(2)5-4-6-12-8(10)11/h7H,3-6H2,1-2H3,(H4,10,11,12)/p+1/t7-/m1/s1. The van der Waals surface area contributed by atoms with Crippen LogP contribution in [0.5, 0.6) is 0 Å². The molecule has 0 aliphatic rings. The number of nitrogens with one attached hydrogen (secondary N) is 1. The van der Waals surface area contributed by atoms with E-state index in [1.54, 1.807) is 4.42 Å². The minimum Gasteiger partial charge on any atom is -0.291 e. The van der Waals surface area contributed by atoms with Gasteiger partial charge in [0.2, 0.25) is 0 Å². The van der Waals surface area contributed by atoms with Gasteiger partial charge in [-0.05, 0) is 31.5 Å². The van der Waals surface area contributed by atoms with Crippen LogP contribution < -0.4 is 16.5 Å². The van der Waals surface area contributed by atoms with Gasteiger partial charge in [0.1, 0.15) is 0 Å². The predicted molar refractivity (Wildman–Crippen MR) is 56.1 cm³/mol. The van der Waals surface area contributed by atoms with Crippen molar-refractivity contribution in [2.75, 3.05) is 13.1 Å². The highest BCUT2D eigenvalue weighted by Crippen LogP contribution is 2.07. The van der Waals surface area contributed by atoms with Crippen LogP contribution in [-0.2, 0) is 0 Å². The molecule has 0 aromatic heterocycles. The topological polar surface area (TPSA) is 69.2 Å². The minimum absolute atomic E-state index is 0.283. The zero-order valence-electron chi connectivity index (χ0n) is 8.39. The first-order valence-electron chi connectivity index (χ1n) is 4.62. The lowest BCUT2D eigenvalue weighted by molar-refractivity contribution is -0.459. The zero-order valence-corrected chi connectivity index (χ0v) is 9.14. The second-order valence-electron chi connectivity index (χ2n) is 3.09. The van der Waals surface area contributed by atoms with Crippen molar-refractivity contribution in [3.8, 4) is 0 Å². The first kappa shape index (κ1) is 12.5. The molecule has 4 nitrogen and oxygen atoms in total. The molecule has 1 atom stereocenters. The van der Waals surface area contributed by atoms with Gasteiger partial charge < -0.3 is 0 Å². The van der Waals surface area contributed by atoms with Gasteiger partial charge in [-0.25, -0.2) is 4.42 Å². The highest BCUT2D eigenvalue weighted by atomic mass is 35.5. The molecule has 0 rings (SSSR count). The summed E-state index contributed by atoms with van der Waals surface area (Å²) < 4.78 is 1.80. The molecular formula is C8H20ClN4+. The maximum atomic E-state index is 5.92. The average Bonchev–Trinajstić information content (AvgIpc) is 2.10. The van der Waals surface area contributed by atoms with Gasteiger partial charge in [-0.2, -0.15) is 0 Å². The van der Waals surface area contributed by atoms with Gasteiger partial charge in [0.05, 0.1) is 6.54 Å². The van der Waals surface area contributed by atoms with Gasteiger partial charge in [0.25, 0.3) is 0 Å². The molecule has 5 N–H and O–H groups in total. The first-order valence-corrected chi connectivity index (χ1v) is 4.96. The molecule has 13 heavy (non-hydrogen) atoms. The Morgan fingerprint density at radius 2 is 2.15 bits per heavy atom. The smallest absolute Gasteiger partial charge is 0.291 e. The van der Waals surface area contributed by atoms with Crippen molar-refractivity contribution in [1.29, 1.82) is 0 Å². The summed E-state index contributed by atoms with van der Waals surface area (Å²) in [6, 6.07) is 0.396. The van der Waals surface area contributed by atoms with E-state index in [-0.39, 0.29) is 5.96 Å². The van der Waals surface area contributed by atoms with E-state index in [1.165, 1.54) is 0 Å². The summed E-state index contributed by atoms with van der Waals surface area (Å²) in [5, 5.41) is 0.